The van der Waals surface area contributed by atoms with E-state index in [1.807, 2.05) is 43.3 Å². The van der Waals surface area contributed by atoms with Gasteiger partial charge in [-0.1, -0.05) is 0 Å². The first-order valence-corrected chi connectivity index (χ1v) is 6.09. The van der Waals surface area contributed by atoms with Crippen molar-refractivity contribution in [2.24, 2.45) is 0 Å². The lowest BCUT2D eigenvalue weighted by Crippen LogP contribution is -2.13. The summed E-state index contributed by atoms with van der Waals surface area (Å²) in [6.07, 6.45) is 3.90. The topological polar surface area (TPSA) is 58.4 Å². The van der Waals surface area contributed by atoms with Gasteiger partial charge in [0.25, 0.3) is 0 Å². The number of anilines is 2. The highest BCUT2D eigenvalue weighted by molar-refractivity contribution is 5.90. The van der Waals surface area contributed by atoms with Crippen LogP contribution in [0.1, 0.15) is 12.1 Å². The molecule has 2 aromatic rings. The van der Waals surface area contributed by atoms with Crippen LogP contribution >= 0.6 is 0 Å². The van der Waals surface area contributed by atoms with E-state index in [4.69, 9.17) is 4.42 Å². The Hall–Kier alpha value is -2.30. The molecule has 0 aliphatic carbocycles. The largest absolute Gasteiger partial charge is 0.451 e. The zero-order chi connectivity index (χ0) is 13.7. The standard InChI is InChI=1S/C14H17N3O2/c1-17(2)13-6-3-11(4-7-13)16-14(18)8-5-12-9-19-10-15-12/h3-4,6-7,9-10H,5,8H2,1-2H3,(H,16,18). The molecule has 0 aliphatic heterocycles. The van der Waals surface area contributed by atoms with Gasteiger partial charge in [0.2, 0.25) is 5.91 Å². The van der Waals surface area contributed by atoms with Gasteiger partial charge >= 0.3 is 0 Å². The zero-order valence-electron chi connectivity index (χ0n) is 11.1. The average Bonchev–Trinajstić information content (AvgIpc) is 2.90. The van der Waals surface area contributed by atoms with Crippen LogP contribution in [0.2, 0.25) is 0 Å². The second kappa shape index (κ2) is 6.04. The van der Waals surface area contributed by atoms with Gasteiger partial charge in [0.05, 0.1) is 5.69 Å². The molecule has 2 rings (SSSR count). The van der Waals surface area contributed by atoms with E-state index in [0.29, 0.717) is 12.8 Å². The Balaban J connectivity index is 1.84. The third kappa shape index (κ3) is 3.84. The van der Waals surface area contributed by atoms with Gasteiger partial charge in [0.1, 0.15) is 6.26 Å². The molecule has 1 heterocycles. The lowest BCUT2D eigenvalue weighted by Gasteiger charge is -2.12. The molecule has 0 saturated carbocycles. The number of amides is 1. The molecule has 0 unspecified atom stereocenters. The molecule has 5 nitrogen and oxygen atoms in total. The summed E-state index contributed by atoms with van der Waals surface area (Å²) < 4.78 is 4.85. The molecule has 0 fully saturated rings. The fourth-order valence-corrected chi connectivity index (χ4v) is 1.67. The highest BCUT2D eigenvalue weighted by atomic mass is 16.3. The number of hydrogen-bond donors (Lipinski definition) is 1. The monoisotopic (exact) mass is 259 g/mol. The highest BCUT2D eigenvalue weighted by Crippen LogP contribution is 2.15. The van der Waals surface area contributed by atoms with Gasteiger partial charge in [-0.2, -0.15) is 0 Å². The van der Waals surface area contributed by atoms with Crippen molar-refractivity contribution in [2.45, 2.75) is 12.8 Å². The molecule has 0 bridgehead atoms. The molecule has 1 amide bonds. The second-order valence-corrected chi connectivity index (χ2v) is 4.47. The summed E-state index contributed by atoms with van der Waals surface area (Å²) in [5.41, 5.74) is 2.69. The maximum absolute atomic E-state index is 11.7. The van der Waals surface area contributed by atoms with E-state index in [-0.39, 0.29) is 5.91 Å². The minimum Gasteiger partial charge on any atom is -0.451 e. The SMILES string of the molecule is CN(C)c1ccc(NC(=O)CCc2cocn2)cc1. The van der Waals surface area contributed by atoms with E-state index in [2.05, 4.69) is 10.3 Å². The van der Waals surface area contributed by atoms with Crippen molar-refractivity contribution in [2.75, 3.05) is 24.3 Å². The third-order valence-electron chi connectivity index (χ3n) is 2.76. The van der Waals surface area contributed by atoms with E-state index in [1.165, 1.54) is 6.39 Å². The summed E-state index contributed by atoms with van der Waals surface area (Å²) in [5, 5.41) is 2.85. The molecular formula is C14H17N3O2. The number of oxazole rings is 1. The Kier molecular flexibility index (Phi) is 4.18. The van der Waals surface area contributed by atoms with Crippen LogP contribution in [0.5, 0.6) is 0 Å². The highest BCUT2D eigenvalue weighted by Gasteiger charge is 2.05. The number of carbonyl (C=O) groups is 1. The Bertz CT molecular complexity index is 518. The second-order valence-electron chi connectivity index (χ2n) is 4.47. The maximum atomic E-state index is 11.7. The first-order valence-electron chi connectivity index (χ1n) is 6.09. The van der Waals surface area contributed by atoms with Crippen molar-refractivity contribution < 1.29 is 9.21 Å². The first-order chi connectivity index (χ1) is 9.15. The van der Waals surface area contributed by atoms with Crippen molar-refractivity contribution in [1.29, 1.82) is 0 Å². The van der Waals surface area contributed by atoms with Crippen LogP contribution in [0.15, 0.2) is 41.3 Å². The fourth-order valence-electron chi connectivity index (χ4n) is 1.67. The van der Waals surface area contributed by atoms with E-state index in [0.717, 1.165) is 17.1 Å². The molecule has 1 aromatic heterocycles. The van der Waals surface area contributed by atoms with Crippen LogP contribution < -0.4 is 10.2 Å². The number of aryl methyl sites for hydroxylation is 1. The van der Waals surface area contributed by atoms with Crippen molar-refractivity contribution in [3.05, 3.63) is 42.6 Å². The Labute approximate surface area is 112 Å². The molecule has 0 aliphatic rings. The summed E-state index contributed by atoms with van der Waals surface area (Å²) in [7, 11) is 3.96. The van der Waals surface area contributed by atoms with Crippen molar-refractivity contribution >= 4 is 17.3 Å². The molecule has 1 aromatic carbocycles. The minimum absolute atomic E-state index is 0.0272. The molecule has 1 N–H and O–H groups in total. The van der Waals surface area contributed by atoms with Crippen LogP contribution in [-0.4, -0.2) is 25.0 Å². The predicted octanol–water partition coefficient (Wildman–Crippen LogP) is 2.31. The number of aromatic nitrogens is 1. The van der Waals surface area contributed by atoms with Crippen LogP contribution in [0.3, 0.4) is 0 Å². The molecule has 100 valence electrons. The van der Waals surface area contributed by atoms with E-state index in [1.54, 1.807) is 6.26 Å². The van der Waals surface area contributed by atoms with Crippen molar-refractivity contribution in [3.63, 3.8) is 0 Å². The van der Waals surface area contributed by atoms with Gasteiger partial charge in [-0.05, 0) is 24.3 Å². The summed E-state index contributed by atoms with van der Waals surface area (Å²) in [5.74, 6) is -0.0272. The number of rotatable bonds is 5. The molecule has 5 heteroatoms. The van der Waals surface area contributed by atoms with Crippen LogP contribution in [-0.2, 0) is 11.2 Å². The summed E-state index contributed by atoms with van der Waals surface area (Å²) in [4.78, 5) is 17.7. The van der Waals surface area contributed by atoms with Crippen LogP contribution in [0.25, 0.3) is 0 Å². The lowest BCUT2D eigenvalue weighted by molar-refractivity contribution is -0.116. The summed E-state index contributed by atoms with van der Waals surface area (Å²) in [6.45, 7) is 0. The number of nitrogens with one attached hydrogen (secondary N) is 1. The van der Waals surface area contributed by atoms with Crippen molar-refractivity contribution in [1.82, 2.24) is 4.98 Å². The number of nitrogens with zero attached hydrogens (tertiary/aromatic N) is 2. The molecule has 0 radical (unpaired) electrons. The third-order valence-corrected chi connectivity index (χ3v) is 2.76. The molecular weight excluding hydrogens is 242 g/mol. The Morgan fingerprint density at radius 2 is 2.05 bits per heavy atom. The zero-order valence-corrected chi connectivity index (χ0v) is 11.1. The molecule has 0 atom stereocenters. The van der Waals surface area contributed by atoms with Gasteiger partial charge in [-0.25, -0.2) is 4.98 Å². The minimum atomic E-state index is -0.0272. The quantitative estimate of drug-likeness (QED) is 0.895. The summed E-state index contributed by atoms with van der Waals surface area (Å²) >= 11 is 0. The van der Waals surface area contributed by atoms with Gasteiger partial charge in [0.15, 0.2) is 6.39 Å². The smallest absolute Gasteiger partial charge is 0.224 e. The Morgan fingerprint density at radius 1 is 1.32 bits per heavy atom. The van der Waals surface area contributed by atoms with E-state index in [9.17, 15) is 4.79 Å². The fraction of sp³-hybridized carbons (Fsp3) is 0.286. The Morgan fingerprint density at radius 3 is 2.63 bits per heavy atom. The maximum Gasteiger partial charge on any atom is 0.224 e. The first kappa shape index (κ1) is 13.1. The van der Waals surface area contributed by atoms with Crippen LogP contribution in [0, 0.1) is 0 Å². The summed E-state index contributed by atoms with van der Waals surface area (Å²) in [6, 6.07) is 7.72. The van der Waals surface area contributed by atoms with E-state index >= 15 is 0 Å². The number of benzene rings is 1. The number of carbonyl (C=O) groups excluding carboxylic acids is 1. The molecule has 0 spiro atoms. The van der Waals surface area contributed by atoms with Gasteiger partial charge in [0, 0.05) is 38.3 Å². The van der Waals surface area contributed by atoms with E-state index < -0.39 is 0 Å². The molecule has 0 saturated heterocycles. The van der Waals surface area contributed by atoms with Crippen LogP contribution in [0.4, 0.5) is 11.4 Å². The van der Waals surface area contributed by atoms with Crippen molar-refractivity contribution in [3.8, 4) is 0 Å². The van der Waals surface area contributed by atoms with Gasteiger partial charge in [-0.3, -0.25) is 4.79 Å². The van der Waals surface area contributed by atoms with Gasteiger partial charge < -0.3 is 14.6 Å². The molecule has 19 heavy (non-hydrogen) atoms. The number of hydrogen-bond acceptors (Lipinski definition) is 4. The normalized spacial score (nSPS) is 10.2. The average molecular weight is 259 g/mol. The predicted molar refractivity (Wildman–Crippen MR) is 74.2 cm³/mol. The lowest BCUT2D eigenvalue weighted by atomic mass is 10.2. The van der Waals surface area contributed by atoms with Gasteiger partial charge in [-0.15, -0.1) is 0 Å².